The second-order valence-electron chi connectivity index (χ2n) is 7.42. The van der Waals surface area contributed by atoms with Gasteiger partial charge in [-0.25, -0.2) is 0 Å². The van der Waals surface area contributed by atoms with Crippen molar-refractivity contribution in [3.63, 3.8) is 0 Å². The molecule has 2 aliphatic rings. The topological polar surface area (TPSA) is 60.9 Å². The fraction of sp³-hybridized carbons (Fsp3) is 0.455. The molecule has 0 N–H and O–H groups in total. The van der Waals surface area contributed by atoms with Gasteiger partial charge in [0.25, 0.3) is 0 Å². The molecule has 4 rings (SSSR count). The van der Waals surface area contributed by atoms with Gasteiger partial charge in [-0.1, -0.05) is 12.1 Å². The third-order valence-corrected chi connectivity index (χ3v) is 5.12. The highest BCUT2D eigenvalue weighted by atomic mass is 16.6. The zero-order valence-electron chi connectivity index (χ0n) is 16.2. The quantitative estimate of drug-likeness (QED) is 0.702. The first-order valence-corrected chi connectivity index (χ1v) is 9.82. The van der Waals surface area contributed by atoms with Gasteiger partial charge in [-0.05, 0) is 42.2 Å². The van der Waals surface area contributed by atoms with Crippen LogP contribution in [0.1, 0.15) is 30.4 Å². The zero-order valence-corrected chi connectivity index (χ0v) is 16.2. The average Bonchev–Trinajstić information content (AvgIpc) is 3.45. The van der Waals surface area contributed by atoms with Gasteiger partial charge in [-0.3, -0.25) is 9.78 Å². The van der Waals surface area contributed by atoms with Crippen LogP contribution in [0.25, 0.3) is 0 Å². The SMILES string of the molecule is COc1cc(CN(Cc2cccnc2)C(=O)C2CC2)ccc1O[C@H]1CCOC1. The molecule has 1 aromatic heterocycles. The lowest BCUT2D eigenvalue weighted by Crippen LogP contribution is -2.31. The maximum atomic E-state index is 12.8. The van der Waals surface area contributed by atoms with Crippen molar-refractivity contribution in [3.8, 4) is 11.5 Å². The molecule has 2 fully saturated rings. The van der Waals surface area contributed by atoms with E-state index in [1.165, 1.54) is 0 Å². The van der Waals surface area contributed by atoms with Gasteiger partial charge >= 0.3 is 0 Å². The highest BCUT2D eigenvalue weighted by Gasteiger charge is 2.33. The number of nitrogens with zero attached hydrogens (tertiary/aromatic N) is 2. The summed E-state index contributed by atoms with van der Waals surface area (Å²) in [5.41, 5.74) is 2.05. The van der Waals surface area contributed by atoms with Crippen LogP contribution in [-0.4, -0.2) is 42.2 Å². The van der Waals surface area contributed by atoms with E-state index in [9.17, 15) is 4.79 Å². The number of hydrogen-bond acceptors (Lipinski definition) is 5. The van der Waals surface area contributed by atoms with Crippen LogP contribution in [0.3, 0.4) is 0 Å². The number of aromatic nitrogens is 1. The Kier molecular flexibility index (Phi) is 5.76. The van der Waals surface area contributed by atoms with Crippen molar-refractivity contribution in [2.75, 3.05) is 20.3 Å². The fourth-order valence-corrected chi connectivity index (χ4v) is 3.43. The molecule has 28 heavy (non-hydrogen) atoms. The minimum atomic E-state index is 0.0678. The molecule has 6 heteroatoms. The number of methoxy groups -OCH3 is 1. The number of carbonyl (C=O) groups is 1. The molecule has 1 aliphatic carbocycles. The van der Waals surface area contributed by atoms with E-state index < -0.39 is 0 Å². The molecule has 1 saturated carbocycles. The van der Waals surface area contributed by atoms with E-state index in [0.29, 0.717) is 31.2 Å². The van der Waals surface area contributed by atoms with Crippen molar-refractivity contribution in [2.24, 2.45) is 5.92 Å². The summed E-state index contributed by atoms with van der Waals surface area (Å²) < 4.78 is 16.9. The summed E-state index contributed by atoms with van der Waals surface area (Å²) in [4.78, 5) is 18.9. The van der Waals surface area contributed by atoms with Gasteiger partial charge in [-0.15, -0.1) is 0 Å². The van der Waals surface area contributed by atoms with E-state index >= 15 is 0 Å². The van der Waals surface area contributed by atoms with Gasteiger partial charge in [0.2, 0.25) is 5.91 Å². The number of pyridine rings is 1. The minimum absolute atomic E-state index is 0.0678. The highest BCUT2D eigenvalue weighted by Crippen LogP contribution is 2.34. The van der Waals surface area contributed by atoms with Crippen LogP contribution in [0.2, 0.25) is 0 Å². The van der Waals surface area contributed by atoms with E-state index in [2.05, 4.69) is 4.98 Å². The van der Waals surface area contributed by atoms with Crippen molar-refractivity contribution in [2.45, 2.75) is 38.5 Å². The summed E-state index contributed by atoms with van der Waals surface area (Å²) in [6, 6.07) is 9.79. The molecule has 2 heterocycles. The number of benzene rings is 1. The van der Waals surface area contributed by atoms with E-state index in [4.69, 9.17) is 14.2 Å². The molecule has 0 radical (unpaired) electrons. The minimum Gasteiger partial charge on any atom is -0.493 e. The Morgan fingerprint density at radius 3 is 2.71 bits per heavy atom. The lowest BCUT2D eigenvalue weighted by Gasteiger charge is -2.24. The van der Waals surface area contributed by atoms with E-state index in [0.717, 1.165) is 37.0 Å². The molecule has 1 aromatic carbocycles. The van der Waals surface area contributed by atoms with E-state index in [-0.39, 0.29) is 17.9 Å². The molecular formula is C22H26N2O4. The summed E-state index contributed by atoms with van der Waals surface area (Å²) >= 11 is 0. The maximum absolute atomic E-state index is 12.8. The predicted molar refractivity (Wildman–Crippen MR) is 104 cm³/mol. The molecule has 1 saturated heterocycles. The molecule has 1 aliphatic heterocycles. The molecule has 0 unspecified atom stereocenters. The maximum Gasteiger partial charge on any atom is 0.226 e. The second-order valence-corrected chi connectivity index (χ2v) is 7.42. The van der Waals surface area contributed by atoms with Gasteiger partial charge in [0, 0.05) is 37.8 Å². The van der Waals surface area contributed by atoms with Gasteiger partial charge in [0.05, 0.1) is 20.3 Å². The largest absolute Gasteiger partial charge is 0.493 e. The Hall–Kier alpha value is -2.60. The van der Waals surface area contributed by atoms with E-state index in [1.54, 1.807) is 13.3 Å². The first kappa shape index (κ1) is 18.7. The Morgan fingerprint density at radius 2 is 2.04 bits per heavy atom. The van der Waals surface area contributed by atoms with Gasteiger partial charge in [-0.2, -0.15) is 0 Å². The number of amides is 1. The van der Waals surface area contributed by atoms with Crippen molar-refractivity contribution in [3.05, 3.63) is 53.9 Å². The highest BCUT2D eigenvalue weighted by molar-refractivity contribution is 5.81. The van der Waals surface area contributed by atoms with Crippen LogP contribution in [0.4, 0.5) is 0 Å². The zero-order chi connectivity index (χ0) is 19.3. The van der Waals surface area contributed by atoms with Crippen molar-refractivity contribution >= 4 is 5.91 Å². The van der Waals surface area contributed by atoms with Crippen molar-refractivity contribution in [1.29, 1.82) is 0 Å². The Bertz CT molecular complexity index is 801. The summed E-state index contributed by atoms with van der Waals surface area (Å²) in [6.45, 7) is 2.44. The Morgan fingerprint density at radius 1 is 1.18 bits per heavy atom. The third-order valence-electron chi connectivity index (χ3n) is 5.12. The molecule has 2 aromatic rings. The number of hydrogen-bond donors (Lipinski definition) is 0. The van der Waals surface area contributed by atoms with Crippen LogP contribution in [-0.2, 0) is 22.6 Å². The molecule has 1 atom stereocenters. The monoisotopic (exact) mass is 382 g/mol. The molecular weight excluding hydrogens is 356 g/mol. The van der Waals surface area contributed by atoms with Crippen molar-refractivity contribution < 1.29 is 19.0 Å². The molecule has 148 valence electrons. The summed E-state index contributed by atoms with van der Waals surface area (Å²) in [5, 5.41) is 0. The summed E-state index contributed by atoms with van der Waals surface area (Å²) in [7, 11) is 1.64. The van der Waals surface area contributed by atoms with Crippen LogP contribution >= 0.6 is 0 Å². The Labute approximate surface area is 165 Å². The van der Waals surface area contributed by atoms with Crippen LogP contribution < -0.4 is 9.47 Å². The summed E-state index contributed by atoms with van der Waals surface area (Å²) in [6.07, 6.45) is 6.49. The van der Waals surface area contributed by atoms with Crippen LogP contribution in [0, 0.1) is 5.92 Å². The van der Waals surface area contributed by atoms with Gasteiger partial charge in [0.15, 0.2) is 11.5 Å². The molecule has 0 bridgehead atoms. The first-order valence-electron chi connectivity index (χ1n) is 9.82. The second kappa shape index (κ2) is 8.61. The Balaban J connectivity index is 1.49. The summed E-state index contributed by atoms with van der Waals surface area (Å²) in [5.74, 6) is 1.79. The normalized spacial score (nSPS) is 18.7. The lowest BCUT2D eigenvalue weighted by molar-refractivity contribution is -0.133. The molecule has 6 nitrogen and oxygen atoms in total. The lowest BCUT2D eigenvalue weighted by atomic mass is 10.1. The predicted octanol–water partition coefficient (Wildman–Crippen LogP) is 3.20. The van der Waals surface area contributed by atoms with Crippen LogP contribution in [0.5, 0.6) is 11.5 Å². The number of ether oxygens (including phenoxy) is 3. The first-order chi connectivity index (χ1) is 13.7. The van der Waals surface area contributed by atoms with Gasteiger partial charge in [0.1, 0.15) is 6.10 Å². The van der Waals surface area contributed by atoms with Crippen molar-refractivity contribution in [1.82, 2.24) is 9.88 Å². The molecule has 1 amide bonds. The third kappa shape index (κ3) is 4.62. The van der Waals surface area contributed by atoms with Gasteiger partial charge < -0.3 is 19.1 Å². The standard InChI is InChI=1S/C22H26N2O4/c1-26-21-11-16(4-7-20(21)28-19-8-10-27-15-19)13-24(22(25)18-5-6-18)14-17-3-2-9-23-12-17/h2-4,7,9,11-12,18-19H,5-6,8,10,13-15H2,1H3/t19-/m0/s1. The average molecular weight is 382 g/mol. The molecule has 0 spiro atoms. The smallest absolute Gasteiger partial charge is 0.226 e. The fourth-order valence-electron chi connectivity index (χ4n) is 3.43. The van der Waals surface area contributed by atoms with Crippen LogP contribution in [0.15, 0.2) is 42.7 Å². The van der Waals surface area contributed by atoms with E-state index in [1.807, 2.05) is 41.4 Å². The number of carbonyl (C=O) groups excluding carboxylic acids is 1. The number of rotatable bonds is 8.